The van der Waals surface area contributed by atoms with Crippen LogP contribution in [0.2, 0.25) is 0 Å². The van der Waals surface area contributed by atoms with Gasteiger partial charge in [0.2, 0.25) is 0 Å². The van der Waals surface area contributed by atoms with Crippen LogP contribution in [-0.2, 0) is 4.79 Å². The number of aromatic nitrogens is 2. The number of carbonyl (C=O) groups is 2. The molecule has 0 spiro atoms. The highest BCUT2D eigenvalue weighted by Crippen LogP contribution is 2.32. The lowest BCUT2D eigenvalue weighted by molar-refractivity contribution is -0.118. The zero-order valence-corrected chi connectivity index (χ0v) is 9.64. The largest absolute Gasteiger partial charge is 0.482 e. The molecule has 1 aromatic carbocycles. The number of benzene rings is 1. The summed E-state index contributed by atoms with van der Waals surface area (Å²) in [7, 11) is 0. The molecule has 1 aliphatic heterocycles. The van der Waals surface area contributed by atoms with Crippen LogP contribution < -0.4 is 10.1 Å². The number of aromatic carboxylic acids is 1. The molecule has 0 fully saturated rings. The number of nitrogens with zero attached hydrogens (tertiary/aromatic N) is 1. The number of carboxylic acid groups (broad SMARTS) is 1. The topological polar surface area (TPSA) is 104 Å². The highest BCUT2D eigenvalue weighted by atomic mass is 16.5. The lowest BCUT2D eigenvalue weighted by atomic mass is 10.1. The van der Waals surface area contributed by atoms with E-state index in [2.05, 4.69) is 15.5 Å². The number of H-pyrrole nitrogens is 1. The average Bonchev–Trinajstić information content (AvgIpc) is 2.87. The molecule has 1 amide bonds. The van der Waals surface area contributed by atoms with Gasteiger partial charge in [0.25, 0.3) is 5.91 Å². The molecule has 3 N–H and O–H groups in total. The number of carbonyl (C=O) groups excluding carboxylic acids is 1. The molecule has 7 heteroatoms. The van der Waals surface area contributed by atoms with Crippen molar-refractivity contribution in [2.75, 3.05) is 11.9 Å². The molecule has 0 saturated carbocycles. The number of amides is 1. The zero-order chi connectivity index (χ0) is 13.4. The highest BCUT2D eigenvalue weighted by Gasteiger charge is 2.19. The molecule has 0 aliphatic carbocycles. The fourth-order valence-electron chi connectivity index (χ4n) is 1.91. The molecule has 7 nitrogen and oxygen atoms in total. The Hall–Kier alpha value is -2.83. The van der Waals surface area contributed by atoms with Gasteiger partial charge in [0.05, 0.1) is 17.6 Å². The van der Waals surface area contributed by atoms with E-state index in [1.165, 1.54) is 6.20 Å². The molecule has 1 aromatic heterocycles. The summed E-state index contributed by atoms with van der Waals surface area (Å²) in [4.78, 5) is 22.3. The highest BCUT2D eigenvalue weighted by molar-refractivity contribution is 5.98. The number of hydrogen-bond donors (Lipinski definition) is 3. The summed E-state index contributed by atoms with van der Waals surface area (Å²) in [6.07, 6.45) is 1.24. The van der Waals surface area contributed by atoms with E-state index in [1.54, 1.807) is 18.2 Å². The maximum atomic E-state index is 11.2. The first-order valence-electron chi connectivity index (χ1n) is 5.49. The Morgan fingerprint density at radius 3 is 3.05 bits per heavy atom. The van der Waals surface area contributed by atoms with Crippen LogP contribution >= 0.6 is 0 Å². The minimum atomic E-state index is -1.07. The lowest BCUT2D eigenvalue weighted by Crippen LogP contribution is -2.25. The number of rotatable bonds is 2. The van der Waals surface area contributed by atoms with Gasteiger partial charge in [0.1, 0.15) is 11.3 Å². The molecule has 0 bridgehead atoms. The second-order valence-electron chi connectivity index (χ2n) is 4.01. The number of aromatic amines is 1. The summed E-state index contributed by atoms with van der Waals surface area (Å²) in [6.45, 7) is -0.0171. The quantitative estimate of drug-likeness (QED) is 0.749. The van der Waals surface area contributed by atoms with Crippen LogP contribution in [0.1, 0.15) is 10.4 Å². The third kappa shape index (κ3) is 1.90. The van der Waals surface area contributed by atoms with E-state index in [4.69, 9.17) is 9.84 Å². The van der Waals surface area contributed by atoms with Crippen molar-refractivity contribution in [2.24, 2.45) is 0 Å². The van der Waals surface area contributed by atoms with E-state index < -0.39 is 5.97 Å². The molecule has 2 aromatic rings. The van der Waals surface area contributed by atoms with Crippen LogP contribution in [0.4, 0.5) is 5.69 Å². The fourth-order valence-corrected chi connectivity index (χ4v) is 1.91. The van der Waals surface area contributed by atoms with Crippen LogP contribution in [0.15, 0.2) is 24.4 Å². The Kier molecular flexibility index (Phi) is 2.45. The fraction of sp³-hybridized carbons (Fsp3) is 0.0833. The first-order chi connectivity index (χ1) is 9.15. The summed E-state index contributed by atoms with van der Waals surface area (Å²) in [5.74, 6) is -0.755. The maximum Gasteiger partial charge on any atom is 0.339 e. The molecule has 2 heterocycles. The van der Waals surface area contributed by atoms with Crippen molar-refractivity contribution in [3.05, 3.63) is 30.0 Å². The molecule has 0 atom stereocenters. The smallest absolute Gasteiger partial charge is 0.339 e. The number of ether oxygens (including phenoxy) is 1. The molecule has 0 saturated heterocycles. The molecule has 3 rings (SSSR count). The average molecular weight is 259 g/mol. The van der Waals surface area contributed by atoms with Crippen LogP contribution in [0, 0.1) is 0 Å². The summed E-state index contributed by atoms with van der Waals surface area (Å²) in [6, 6.07) is 5.03. The predicted octanol–water partition coefficient (Wildman–Crippen LogP) is 1.11. The van der Waals surface area contributed by atoms with Crippen molar-refractivity contribution in [2.45, 2.75) is 0 Å². The SMILES string of the molecule is O=C1COc2ccc(-c3[nH]ncc3C(=O)O)cc2N1. The number of carboxylic acids is 1. The van der Waals surface area contributed by atoms with E-state index in [9.17, 15) is 9.59 Å². The molecular weight excluding hydrogens is 250 g/mol. The van der Waals surface area contributed by atoms with E-state index in [0.717, 1.165) is 0 Å². The van der Waals surface area contributed by atoms with E-state index in [1.807, 2.05) is 0 Å². The monoisotopic (exact) mass is 259 g/mol. The second kappa shape index (κ2) is 4.13. The van der Waals surface area contributed by atoms with Gasteiger partial charge in [-0.3, -0.25) is 9.89 Å². The van der Waals surface area contributed by atoms with Gasteiger partial charge in [0.15, 0.2) is 6.61 Å². The molecular formula is C12H9N3O4. The van der Waals surface area contributed by atoms with Crippen molar-refractivity contribution >= 4 is 17.6 Å². The summed E-state index contributed by atoms with van der Waals surface area (Å²) >= 11 is 0. The van der Waals surface area contributed by atoms with Crippen molar-refractivity contribution in [1.82, 2.24) is 10.2 Å². The summed E-state index contributed by atoms with van der Waals surface area (Å²) in [5, 5.41) is 18.1. The maximum absolute atomic E-state index is 11.2. The zero-order valence-electron chi connectivity index (χ0n) is 9.64. The van der Waals surface area contributed by atoms with Gasteiger partial charge >= 0.3 is 5.97 Å². The van der Waals surface area contributed by atoms with Gasteiger partial charge in [-0.25, -0.2) is 4.79 Å². The third-order valence-electron chi connectivity index (χ3n) is 2.77. The van der Waals surface area contributed by atoms with Gasteiger partial charge in [-0.15, -0.1) is 0 Å². The Labute approximate surface area is 107 Å². The van der Waals surface area contributed by atoms with Crippen LogP contribution in [-0.4, -0.2) is 33.8 Å². The number of anilines is 1. The van der Waals surface area contributed by atoms with Crippen molar-refractivity contribution in [3.8, 4) is 17.0 Å². The Bertz CT molecular complexity index is 677. The van der Waals surface area contributed by atoms with Crippen molar-refractivity contribution < 1.29 is 19.4 Å². The molecule has 19 heavy (non-hydrogen) atoms. The molecule has 1 aliphatic rings. The minimum Gasteiger partial charge on any atom is -0.482 e. The van der Waals surface area contributed by atoms with E-state index in [-0.39, 0.29) is 18.1 Å². The minimum absolute atomic E-state index is 0.0171. The van der Waals surface area contributed by atoms with Gasteiger partial charge < -0.3 is 15.2 Å². The van der Waals surface area contributed by atoms with E-state index >= 15 is 0 Å². The number of nitrogens with one attached hydrogen (secondary N) is 2. The van der Waals surface area contributed by atoms with Crippen LogP contribution in [0.25, 0.3) is 11.3 Å². The standard InChI is InChI=1S/C12H9N3O4/c16-10-5-19-9-2-1-6(3-8(9)14-10)11-7(12(17)18)4-13-15-11/h1-4H,5H2,(H,13,15)(H,14,16)(H,17,18). The number of fused-ring (bicyclic) bond motifs is 1. The summed E-state index contributed by atoms with van der Waals surface area (Å²) < 4.78 is 5.23. The van der Waals surface area contributed by atoms with Crippen LogP contribution in [0.3, 0.4) is 0 Å². The van der Waals surface area contributed by atoms with E-state index in [0.29, 0.717) is 22.7 Å². The predicted molar refractivity (Wildman–Crippen MR) is 65.1 cm³/mol. The third-order valence-corrected chi connectivity index (χ3v) is 2.77. The first-order valence-corrected chi connectivity index (χ1v) is 5.49. The van der Waals surface area contributed by atoms with Gasteiger partial charge in [0, 0.05) is 5.56 Å². The molecule has 0 radical (unpaired) electrons. The van der Waals surface area contributed by atoms with Gasteiger partial charge in [-0.05, 0) is 18.2 Å². The van der Waals surface area contributed by atoms with Crippen molar-refractivity contribution in [3.63, 3.8) is 0 Å². The molecule has 0 unspecified atom stereocenters. The normalized spacial score (nSPS) is 13.4. The summed E-state index contributed by atoms with van der Waals surface area (Å²) in [5.41, 5.74) is 1.58. The number of hydrogen-bond acceptors (Lipinski definition) is 4. The lowest BCUT2D eigenvalue weighted by Gasteiger charge is -2.18. The van der Waals surface area contributed by atoms with Crippen molar-refractivity contribution in [1.29, 1.82) is 0 Å². The second-order valence-corrected chi connectivity index (χ2v) is 4.01. The Morgan fingerprint density at radius 2 is 2.26 bits per heavy atom. The van der Waals surface area contributed by atoms with Gasteiger partial charge in [-0.2, -0.15) is 5.10 Å². The van der Waals surface area contributed by atoms with Crippen LogP contribution in [0.5, 0.6) is 5.75 Å². The molecule has 96 valence electrons. The Morgan fingerprint density at radius 1 is 1.42 bits per heavy atom. The first kappa shape index (κ1) is 11.3. The van der Waals surface area contributed by atoms with Gasteiger partial charge in [-0.1, -0.05) is 0 Å². The Balaban J connectivity index is 2.07.